The first kappa shape index (κ1) is 10.1. The third-order valence-corrected chi connectivity index (χ3v) is 2.13. The third-order valence-electron chi connectivity index (χ3n) is 2.13. The molecule has 0 amide bonds. The third kappa shape index (κ3) is 3.07. The lowest BCUT2D eigenvalue weighted by Crippen LogP contribution is -2.29. The van der Waals surface area contributed by atoms with Crippen LogP contribution in [0.4, 0.5) is 5.69 Å². The summed E-state index contributed by atoms with van der Waals surface area (Å²) in [5, 5.41) is 12.4. The molecule has 72 valence electrons. The first-order chi connectivity index (χ1) is 6.24. The van der Waals surface area contributed by atoms with E-state index in [-0.39, 0.29) is 12.6 Å². The quantitative estimate of drug-likeness (QED) is 0.742. The van der Waals surface area contributed by atoms with Crippen molar-refractivity contribution in [2.24, 2.45) is 5.92 Å². The normalized spacial score (nSPS) is 12.9. The van der Waals surface area contributed by atoms with E-state index in [0.717, 1.165) is 5.69 Å². The van der Waals surface area contributed by atoms with Crippen LogP contribution < -0.4 is 5.32 Å². The van der Waals surface area contributed by atoms with E-state index in [1.54, 1.807) is 0 Å². The van der Waals surface area contributed by atoms with Gasteiger partial charge in [-0.05, 0) is 18.1 Å². The molecule has 0 aliphatic carbocycles. The molecule has 0 unspecified atom stereocenters. The summed E-state index contributed by atoms with van der Waals surface area (Å²) in [6, 6.07) is 10.1. The van der Waals surface area contributed by atoms with E-state index in [9.17, 15) is 0 Å². The molecule has 1 atom stereocenters. The Bertz CT molecular complexity index is 233. The molecule has 2 heteroatoms. The van der Waals surface area contributed by atoms with E-state index in [0.29, 0.717) is 5.92 Å². The monoisotopic (exact) mass is 179 g/mol. The number of aliphatic hydroxyl groups is 1. The van der Waals surface area contributed by atoms with Gasteiger partial charge >= 0.3 is 0 Å². The number of aliphatic hydroxyl groups excluding tert-OH is 1. The molecule has 0 radical (unpaired) electrons. The molecule has 13 heavy (non-hydrogen) atoms. The van der Waals surface area contributed by atoms with Crippen LogP contribution in [0.1, 0.15) is 13.8 Å². The van der Waals surface area contributed by atoms with E-state index in [1.165, 1.54) is 0 Å². The summed E-state index contributed by atoms with van der Waals surface area (Å²) in [5.74, 6) is 0.435. The predicted octanol–water partition coefficient (Wildman–Crippen LogP) is 2.12. The summed E-state index contributed by atoms with van der Waals surface area (Å²) >= 11 is 0. The lowest BCUT2D eigenvalue weighted by atomic mass is 10.1. The fourth-order valence-corrected chi connectivity index (χ4v) is 1.17. The van der Waals surface area contributed by atoms with E-state index < -0.39 is 0 Å². The van der Waals surface area contributed by atoms with Crippen molar-refractivity contribution in [1.82, 2.24) is 0 Å². The molecule has 0 aromatic heterocycles. The Hall–Kier alpha value is -1.02. The summed E-state index contributed by atoms with van der Waals surface area (Å²) in [7, 11) is 0. The summed E-state index contributed by atoms with van der Waals surface area (Å²) < 4.78 is 0. The molecule has 0 saturated carbocycles. The molecular formula is C11H17NO. The van der Waals surface area contributed by atoms with Crippen LogP contribution in [-0.4, -0.2) is 17.8 Å². The summed E-state index contributed by atoms with van der Waals surface area (Å²) in [4.78, 5) is 0. The highest BCUT2D eigenvalue weighted by Crippen LogP contribution is 2.11. The molecule has 0 heterocycles. The van der Waals surface area contributed by atoms with Gasteiger partial charge in [-0.2, -0.15) is 0 Å². The maximum Gasteiger partial charge on any atom is 0.0635 e. The Kier molecular flexibility index (Phi) is 3.77. The molecule has 1 rings (SSSR count). The van der Waals surface area contributed by atoms with Crippen LogP contribution in [0, 0.1) is 5.92 Å². The van der Waals surface area contributed by atoms with Gasteiger partial charge in [0.1, 0.15) is 0 Å². The SMILES string of the molecule is CC(C)[C@@H](CO)Nc1ccccc1. The number of hydrogen-bond donors (Lipinski definition) is 2. The fourth-order valence-electron chi connectivity index (χ4n) is 1.17. The van der Waals surface area contributed by atoms with Crippen molar-refractivity contribution in [2.75, 3.05) is 11.9 Å². The van der Waals surface area contributed by atoms with Crippen LogP contribution in [0.3, 0.4) is 0 Å². The van der Waals surface area contributed by atoms with E-state index >= 15 is 0 Å². The highest BCUT2D eigenvalue weighted by molar-refractivity contribution is 5.43. The van der Waals surface area contributed by atoms with Gasteiger partial charge in [-0.3, -0.25) is 0 Å². The van der Waals surface area contributed by atoms with Gasteiger partial charge in [0.05, 0.1) is 12.6 Å². The van der Waals surface area contributed by atoms with Crippen molar-refractivity contribution >= 4 is 5.69 Å². The summed E-state index contributed by atoms with van der Waals surface area (Å²) in [6.45, 7) is 4.36. The van der Waals surface area contributed by atoms with Crippen molar-refractivity contribution < 1.29 is 5.11 Å². The highest BCUT2D eigenvalue weighted by Gasteiger charge is 2.10. The molecule has 0 aliphatic heterocycles. The first-order valence-electron chi connectivity index (χ1n) is 4.66. The molecule has 0 bridgehead atoms. The average molecular weight is 179 g/mol. The van der Waals surface area contributed by atoms with Gasteiger partial charge in [0.15, 0.2) is 0 Å². The van der Waals surface area contributed by atoms with Crippen LogP contribution in [0.15, 0.2) is 30.3 Å². The van der Waals surface area contributed by atoms with Crippen LogP contribution in [0.2, 0.25) is 0 Å². The maximum absolute atomic E-state index is 9.10. The number of hydrogen-bond acceptors (Lipinski definition) is 2. The van der Waals surface area contributed by atoms with Crippen LogP contribution in [-0.2, 0) is 0 Å². The largest absolute Gasteiger partial charge is 0.394 e. The Morgan fingerprint density at radius 2 is 1.85 bits per heavy atom. The second-order valence-electron chi connectivity index (χ2n) is 3.54. The molecule has 2 nitrogen and oxygen atoms in total. The number of para-hydroxylation sites is 1. The summed E-state index contributed by atoms with van der Waals surface area (Å²) in [6.07, 6.45) is 0. The standard InChI is InChI=1S/C11H17NO/c1-9(2)11(8-13)12-10-6-4-3-5-7-10/h3-7,9,11-13H,8H2,1-2H3/t11-/m1/s1. The van der Waals surface area contributed by atoms with Gasteiger partial charge in [-0.1, -0.05) is 32.0 Å². The molecule has 2 N–H and O–H groups in total. The molecule has 1 aromatic rings. The summed E-state index contributed by atoms with van der Waals surface area (Å²) in [5.41, 5.74) is 1.07. The zero-order chi connectivity index (χ0) is 9.68. The number of rotatable bonds is 4. The van der Waals surface area contributed by atoms with Crippen molar-refractivity contribution in [1.29, 1.82) is 0 Å². The van der Waals surface area contributed by atoms with Crippen molar-refractivity contribution in [3.05, 3.63) is 30.3 Å². The Balaban J connectivity index is 2.57. The van der Waals surface area contributed by atoms with Gasteiger partial charge in [0, 0.05) is 5.69 Å². The molecule has 1 aromatic carbocycles. The van der Waals surface area contributed by atoms with Crippen LogP contribution in [0.25, 0.3) is 0 Å². The second kappa shape index (κ2) is 4.87. The minimum Gasteiger partial charge on any atom is -0.394 e. The molecule has 0 spiro atoms. The minimum atomic E-state index is 0.141. The molecule has 0 saturated heterocycles. The lowest BCUT2D eigenvalue weighted by Gasteiger charge is -2.20. The van der Waals surface area contributed by atoms with Crippen molar-refractivity contribution in [3.63, 3.8) is 0 Å². The van der Waals surface area contributed by atoms with Gasteiger partial charge in [-0.25, -0.2) is 0 Å². The van der Waals surface area contributed by atoms with E-state index in [1.807, 2.05) is 30.3 Å². The number of anilines is 1. The Morgan fingerprint density at radius 1 is 1.23 bits per heavy atom. The second-order valence-corrected chi connectivity index (χ2v) is 3.54. The average Bonchev–Trinajstić information content (AvgIpc) is 2.15. The van der Waals surface area contributed by atoms with Crippen molar-refractivity contribution in [3.8, 4) is 0 Å². The number of nitrogens with one attached hydrogen (secondary N) is 1. The molecule has 0 aliphatic rings. The van der Waals surface area contributed by atoms with Gasteiger partial charge in [0.25, 0.3) is 0 Å². The zero-order valence-corrected chi connectivity index (χ0v) is 8.20. The smallest absolute Gasteiger partial charge is 0.0635 e. The highest BCUT2D eigenvalue weighted by atomic mass is 16.3. The van der Waals surface area contributed by atoms with Gasteiger partial charge in [0.2, 0.25) is 0 Å². The molecule has 0 fully saturated rings. The predicted molar refractivity (Wildman–Crippen MR) is 55.8 cm³/mol. The lowest BCUT2D eigenvalue weighted by molar-refractivity contribution is 0.249. The van der Waals surface area contributed by atoms with Gasteiger partial charge < -0.3 is 10.4 Å². The van der Waals surface area contributed by atoms with Crippen LogP contribution in [0.5, 0.6) is 0 Å². The minimum absolute atomic E-state index is 0.141. The zero-order valence-electron chi connectivity index (χ0n) is 8.20. The first-order valence-corrected chi connectivity index (χ1v) is 4.66. The fraction of sp³-hybridized carbons (Fsp3) is 0.455. The van der Waals surface area contributed by atoms with E-state index in [4.69, 9.17) is 5.11 Å². The number of benzene rings is 1. The van der Waals surface area contributed by atoms with Crippen LogP contribution >= 0.6 is 0 Å². The molecular weight excluding hydrogens is 162 g/mol. The van der Waals surface area contributed by atoms with E-state index in [2.05, 4.69) is 19.2 Å². The topological polar surface area (TPSA) is 32.3 Å². The van der Waals surface area contributed by atoms with Crippen molar-refractivity contribution in [2.45, 2.75) is 19.9 Å². The Morgan fingerprint density at radius 3 is 2.31 bits per heavy atom. The maximum atomic E-state index is 9.10. The van der Waals surface area contributed by atoms with Gasteiger partial charge in [-0.15, -0.1) is 0 Å². The Labute approximate surface area is 79.6 Å².